The highest BCUT2D eigenvalue weighted by Crippen LogP contribution is 2.42. The Morgan fingerprint density at radius 2 is 1.77 bits per heavy atom. The van der Waals surface area contributed by atoms with Crippen LogP contribution in [0.3, 0.4) is 0 Å². The first-order chi connectivity index (χ1) is 20.5. The summed E-state index contributed by atoms with van der Waals surface area (Å²) in [7, 11) is 1.74. The predicted molar refractivity (Wildman–Crippen MR) is 172 cm³/mol. The maximum absolute atomic E-state index is 13.2. The molecule has 2 amide bonds. The second-order valence-electron chi connectivity index (χ2n) is 11.8. The van der Waals surface area contributed by atoms with Crippen molar-refractivity contribution in [3.63, 3.8) is 0 Å². The number of hydrogen-bond acceptors (Lipinski definition) is 6. The van der Waals surface area contributed by atoms with Gasteiger partial charge in [0.15, 0.2) is 6.29 Å². The Hall–Kier alpha value is -3.23. The average molecular weight is 597 g/mol. The Balaban J connectivity index is 1.65. The Kier molecular flexibility index (Phi) is 15.4. The third-order valence-electron chi connectivity index (χ3n) is 8.57. The third-order valence-corrected chi connectivity index (χ3v) is 8.57. The maximum atomic E-state index is 13.2. The largest absolute Gasteiger partial charge is 0.491 e. The summed E-state index contributed by atoms with van der Waals surface area (Å²) < 4.78 is 17.1. The quantitative estimate of drug-likeness (QED) is 0.0934. The van der Waals surface area contributed by atoms with Crippen LogP contribution < -0.4 is 15.0 Å². The van der Waals surface area contributed by atoms with Crippen LogP contribution >= 0.6 is 0 Å². The molecule has 1 aromatic rings. The fourth-order valence-corrected chi connectivity index (χ4v) is 5.57. The Morgan fingerprint density at radius 1 is 1.07 bits per heavy atom. The molecule has 2 rings (SSSR count). The first-order valence-electron chi connectivity index (χ1n) is 15.4. The lowest BCUT2D eigenvalue weighted by molar-refractivity contribution is -0.127. The molecule has 0 aromatic heterocycles. The van der Waals surface area contributed by atoms with Gasteiger partial charge in [-0.15, -0.1) is 13.2 Å². The number of ether oxygens (including phenoxy) is 3. The average Bonchev–Trinajstić information content (AvgIpc) is 3.34. The normalized spacial score (nSPS) is 22.7. The van der Waals surface area contributed by atoms with Crippen molar-refractivity contribution < 1.29 is 28.6 Å². The van der Waals surface area contributed by atoms with Crippen molar-refractivity contribution in [2.24, 2.45) is 41.4 Å². The van der Waals surface area contributed by atoms with E-state index in [2.05, 4.69) is 32.3 Å². The minimum atomic E-state index is -0.411. The van der Waals surface area contributed by atoms with Crippen LogP contribution in [-0.4, -0.2) is 57.8 Å². The van der Waals surface area contributed by atoms with Gasteiger partial charge in [0.1, 0.15) is 18.6 Å². The Bertz CT molecular complexity index is 1070. The zero-order chi connectivity index (χ0) is 31.9. The van der Waals surface area contributed by atoms with Crippen molar-refractivity contribution >= 4 is 23.8 Å². The summed E-state index contributed by atoms with van der Waals surface area (Å²) in [5.41, 5.74) is 0.740. The lowest BCUT2D eigenvalue weighted by atomic mass is 9.87. The molecule has 1 aliphatic carbocycles. The van der Waals surface area contributed by atoms with Crippen LogP contribution in [0.15, 0.2) is 61.7 Å². The first-order valence-corrected chi connectivity index (χ1v) is 15.4. The molecule has 1 aromatic carbocycles. The summed E-state index contributed by atoms with van der Waals surface area (Å²) in [4.78, 5) is 38.9. The van der Waals surface area contributed by atoms with E-state index in [0.717, 1.165) is 24.8 Å². The minimum Gasteiger partial charge on any atom is -0.491 e. The summed E-state index contributed by atoms with van der Waals surface area (Å²) >= 11 is 0. The number of nitrogens with one attached hydrogen (secondary N) is 1. The van der Waals surface area contributed by atoms with Crippen LogP contribution in [0.25, 0.3) is 0 Å². The molecule has 8 nitrogen and oxygen atoms in total. The fourth-order valence-electron chi connectivity index (χ4n) is 5.57. The van der Waals surface area contributed by atoms with Crippen molar-refractivity contribution in [1.29, 1.82) is 0 Å². The fraction of sp³-hybridized carbons (Fsp3) is 0.571. The molecule has 0 spiro atoms. The molecule has 0 heterocycles. The molecule has 0 saturated heterocycles. The highest BCUT2D eigenvalue weighted by molar-refractivity contribution is 5.96. The second-order valence-corrected chi connectivity index (χ2v) is 11.8. The number of carbonyl (C=O) groups excluding carboxylic acids is 3. The lowest BCUT2D eigenvalue weighted by Gasteiger charge is -2.26. The summed E-state index contributed by atoms with van der Waals surface area (Å²) in [5, 5.41) is 2.95. The van der Waals surface area contributed by atoms with Crippen LogP contribution in [0, 0.1) is 41.4 Å². The van der Waals surface area contributed by atoms with E-state index in [0.29, 0.717) is 38.0 Å². The van der Waals surface area contributed by atoms with Crippen LogP contribution in [0.1, 0.15) is 47.5 Å². The standard InChI is InChI=1S/C35H52N2O6/c1-9-24(3)21-25(4)27(6)34(39)36-17-11-12-18-41-28(7)42-19-20-43-31-15-13-30(14-16-31)37(8)35(40)33-26(5)22-29(10-2)32(33)23-38/h9-16,23-29,32-33H,1-2,17-22H2,3-8H3,(H,36,39)/b12-11-. The molecule has 1 fully saturated rings. The number of hydrogen-bond donors (Lipinski definition) is 1. The molecular formula is C35H52N2O6. The van der Waals surface area contributed by atoms with E-state index in [9.17, 15) is 14.4 Å². The number of amides is 2. The van der Waals surface area contributed by atoms with Crippen LogP contribution in [0.5, 0.6) is 5.75 Å². The van der Waals surface area contributed by atoms with E-state index >= 15 is 0 Å². The van der Waals surface area contributed by atoms with Gasteiger partial charge < -0.3 is 29.2 Å². The number of rotatable bonds is 19. The van der Waals surface area contributed by atoms with Gasteiger partial charge in [-0.3, -0.25) is 9.59 Å². The molecule has 0 aliphatic heterocycles. The van der Waals surface area contributed by atoms with Gasteiger partial charge in [0.05, 0.1) is 19.1 Å². The Labute approximate surface area is 258 Å². The number of benzene rings is 1. The molecular weight excluding hydrogens is 544 g/mol. The minimum absolute atomic E-state index is 0.0384. The van der Waals surface area contributed by atoms with Gasteiger partial charge in [-0.1, -0.05) is 52.0 Å². The van der Waals surface area contributed by atoms with Crippen LogP contribution in [0.2, 0.25) is 0 Å². The number of nitrogens with zero attached hydrogens (tertiary/aromatic N) is 1. The summed E-state index contributed by atoms with van der Waals surface area (Å²) in [6.07, 6.45) is 9.69. The van der Waals surface area contributed by atoms with E-state index in [-0.39, 0.29) is 47.3 Å². The highest BCUT2D eigenvalue weighted by Gasteiger charge is 2.44. The molecule has 0 radical (unpaired) electrons. The lowest BCUT2D eigenvalue weighted by Crippen LogP contribution is -2.38. The number of carbonyl (C=O) groups is 3. The maximum Gasteiger partial charge on any atom is 0.230 e. The predicted octanol–water partition coefficient (Wildman–Crippen LogP) is 5.84. The van der Waals surface area contributed by atoms with Crippen LogP contribution in [0.4, 0.5) is 5.69 Å². The SMILES string of the molecule is C=CC(C)CC(C)C(C)C(=O)NC/C=C\COC(C)OCCOc1ccc(N(C)C(=O)C2C(C)CC(C=C)C2C=O)cc1. The van der Waals surface area contributed by atoms with Crippen molar-refractivity contribution in [2.45, 2.75) is 53.8 Å². The monoisotopic (exact) mass is 596 g/mol. The first kappa shape index (κ1) is 36.0. The number of anilines is 1. The molecule has 1 N–H and O–H groups in total. The van der Waals surface area contributed by atoms with Crippen LogP contribution in [-0.2, 0) is 23.9 Å². The number of allylic oxidation sites excluding steroid dienone is 2. The number of aldehydes is 1. The van der Waals surface area contributed by atoms with Gasteiger partial charge in [-0.25, -0.2) is 0 Å². The van der Waals surface area contributed by atoms with E-state index in [4.69, 9.17) is 14.2 Å². The van der Waals surface area contributed by atoms with E-state index < -0.39 is 6.29 Å². The zero-order valence-electron chi connectivity index (χ0n) is 26.9. The molecule has 8 atom stereocenters. The zero-order valence-corrected chi connectivity index (χ0v) is 26.9. The molecule has 1 aliphatic rings. The van der Waals surface area contributed by atoms with Crippen molar-refractivity contribution in [2.75, 3.05) is 38.3 Å². The Morgan fingerprint density at radius 3 is 2.40 bits per heavy atom. The molecule has 0 bridgehead atoms. The van der Waals surface area contributed by atoms with Gasteiger partial charge in [-0.2, -0.15) is 0 Å². The van der Waals surface area contributed by atoms with E-state index in [1.54, 1.807) is 18.0 Å². The van der Waals surface area contributed by atoms with Crippen molar-refractivity contribution in [1.82, 2.24) is 5.32 Å². The van der Waals surface area contributed by atoms with Gasteiger partial charge in [0.25, 0.3) is 0 Å². The topological polar surface area (TPSA) is 94.2 Å². The summed E-state index contributed by atoms with van der Waals surface area (Å²) in [6.45, 7) is 19.2. The van der Waals surface area contributed by atoms with Crippen molar-refractivity contribution in [3.8, 4) is 5.75 Å². The smallest absolute Gasteiger partial charge is 0.230 e. The molecule has 43 heavy (non-hydrogen) atoms. The summed E-state index contributed by atoms with van der Waals surface area (Å²) in [6, 6.07) is 7.29. The van der Waals surface area contributed by atoms with E-state index in [1.807, 2.05) is 63.3 Å². The van der Waals surface area contributed by atoms with Gasteiger partial charge in [-0.05, 0) is 67.7 Å². The molecule has 8 unspecified atom stereocenters. The molecule has 1 saturated carbocycles. The highest BCUT2D eigenvalue weighted by atomic mass is 16.7. The van der Waals surface area contributed by atoms with Gasteiger partial charge in [0, 0.05) is 31.1 Å². The third kappa shape index (κ3) is 11.1. The molecule has 8 heteroatoms. The second kappa shape index (κ2) is 18.4. The van der Waals surface area contributed by atoms with E-state index in [1.165, 1.54) is 0 Å². The van der Waals surface area contributed by atoms with Gasteiger partial charge in [0.2, 0.25) is 11.8 Å². The summed E-state index contributed by atoms with van der Waals surface area (Å²) in [5.74, 6) is 0.755. The molecule has 238 valence electrons. The van der Waals surface area contributed by atoms with Gasteiger partial charge >= 0.3 is 0 Å². The van der Waals surface area contributed by atoms with Crippen molar-refractivity contribution in [3.05, 3.63) is 61.7 Å².